The summed E-state index contributed by atoms with van der Waals surface area (Å²) < 4.78 is 4.43. The van der Waals surface area contributed by atoms with Gasteiger partial charge in [0.1, 0.15) is 0 Å². The van der Waals surface area contributed by atoms with E-state index in [2.05, 4.69) is 4.52 Å². The molecule has 0 rings (SSSR count). The molecule has 0 atom stereocenters. The van der Waals surface area contributed by atoms with E-state index in [0.29, 0.717) is 0 Å². The zero-order chi connectivity index (χ0) is 5.86. The molecule has 46 valence electrons. The topological polar surface area (TPSA) is 49.7 Å². The summed E-state index contributed by atoms with van der Waals surface area (Å²) in [6.07, 6.45) is -0.0962. The Morgan fingerprint density at radius 2 is 1.75 bits per heavy atom. The normalized spacial score (nSPS) is 9.75. The van der Waals surface area contributed by atoms with E-state index in [4.69, 9.17) is 9.79 Å². The van der Waals surface area contributed by atoms with Crippen LogP contribution in [-0.4, -0.2) is 45.4 Å². The first kappa shape index (κ1) is 12.0. The fourth-order valence-corrected chi connectivity index (χ4v) is 0.566. The Hall–Kier alpha value is 1.31. The monoisotopic (exact) mass is 148 g/mol. The molecule has 3 nitrogen and oxygen atoms in total. The maximum atomic E-state index is 8.12. The predicted molar refractivity (Wildman–Crippen MR) is 34.7 cm³/mol. The van der Waals surface area contributed by atoms with E-state index in [1.54, 1.807) is 13.8 Å². The fourth-order valence-electron chi connectivity index (χ4n) is 0.189. The molecular formula is C3H10NaO3P. The van der Waals surface area contributed by atoms with Gasteiger partial charge in [-0.2, -0.15) is 0 Å². The van der Waals surface area contributed by atoms with Gasteiger partial charge in [-0.25, -0.2) is 0 Å². The second-order valence-electron chi connectivity index (χ2n) is 1.41. The van der Waals surface area contributed by atoms with Gasteiger partial charge in [0.2, 0.25) is 0 Å². The molecule has 0 fully saturated rings. The van der Waals surface area contributed by atoms with Crippen LogP contribution < -0.4 is 0 Å². The zero-order valence-corrected chi connectivity index (χ0v) is 5.22. The van der Waals surface area contributed by atoms with E-state index in [0.717, 1.165) is 0 Å². The quantitative estimate of drug-likeness (QED) is 0.427. The van der Waals surface area contributed by atoms with Crippen LogP contribution in [0.3, 0.4) is 0 Å². The summed E-state index contributed by atoms with van der Waals surface area (Å²) in [5.74, 6) is 0. The SMILES string of the molecule is CC(C)OP(O)O.[NaH]. The van der Waals surface area contributed by atoms with Gasteiger partial charge >= 0.3 is 38.2 Å². The van der Waals surface area contributed by atoms with Crippen LogP contribution in [0.25, 0.3) is 0 Å². The number of rotatable bonds is 2. The third-order valence-electron chi connectivity index (χ3n) is 0.305. The molecule has 0 bridgehead atoms. The van der Waals surface area contributed by atoms with Gasteiger partial charge < -0.3 is 14.3 Å². The van der Waals surface area contributed by atoms with E-state index in [9.17, 15) is 0 Å². The van der Waals surface area contributed by atoms with E-state index >= 15 is 0 Å². The molecular weight excluding hydrogens is 138 g/mol. The Labute approximate surface area is 72.3 Å². The second kappa shape index (κ2) is 6.43. The van der Waals surface area contributed by atoms with Crippen LogP contribution in [0.15, 0.2) is 0 Å². The Morgan fingerprint density at radius 1 is 1.38 bits per heavy atom. The van der Waals surface area contributed by atoms with Gasteiger partial charge in [-0.3, -0.25) is 0 Å². The first-order chi connectivity index (χ1) is 3.13. The Balaban J connectivity index is 0. The molecule has 0 heterocycles. The van der Waals surface area contributed by atoms with Crippen molar-refractivity contribution in [2.75, 3.05) is 0 Å². The third-order valence-corrected chi connectivity index (χ3v) is 0.915. The van der Waals surface area contributed by atoms with Crippen molar-refractivity contribution in [3.63, 3.8) is 0 Å². The molecule has 0 unspecified atom stereocenters. The number of hydrogen-bond acceptors (Lipinski definition) is 3. The van der Waals surface area contributed by atoms with E-state index < -0.39 is 8.60 Å². The van der Waals surface area contributed by atoms with E-state index in [-0.39, 0.29) is 35.7 Å². The van der Waals surface area contributed by atoms with Gasteiger partial charge in [0.25, 0.3) is 0 Å². The van der Waals surface area contributed by atoms with Crippen LogP contribution in [-0.2, 0) is 4.52 Å². The van der Waals surface area contributed by atoms with Gasteiger partial charge in [0, 0.05) is 0 Å². The van der Waals surface area contributed by atoms with Gasteiger partial charge in [-0.1, -0.05) is 0 Å². The molecule has 0 amide bonds. The molecule has 2 N–H and O–H groups in total. The standard InChI is InChI=1S/C3H9O3P.Na.H/c1-3(2)6-7(4)5;;/h3-5H,1-2H3;;. The molecule has 8 heavy (non-hydrogen) atoms. The maximum absolute atomic E-state index is 8.12. The van der Waals surface area contributed by atoms with Crippen LogP contribution in [0.5, 0.6) is 0 Å². The van der Waals surface area contributed by atoms with Crippen LogP contribution in [0, 0.1) is 0 Å². The summed E-state index contributed by atoms with van der Waals surface area (Å²) in [6, 6.07) is 0. The van der Waals surface area contributed by atoms with Crippen LogP contribution >= 0.6 is 8.60 Å². The first-order valence-electron chi connectivity index (χ1n) is 1.97. The van der Waals surface area contributed by atoms with Crippen LogP contribution in [0.1, 0.15) is 13.8 Å². The Bertz CT molecular complexity index is 43.8. The van der Waals surface area contributed by atoms with Gasteiger partial charge in [-0.05, 0) is 13.8 Å². The van der Waals surface area contributed by atoms with E-state index in [1.165, 1.54) is 0 Å². The predicted octanol–water partition coefficient (Wildman–Crippen LogP) is -0.0256. The zero-order valence-electron chi connectivity index (χ0n) is 4.33. The van der Waals surface area contributed by atoms with Gasteiger partial charge in [0.05, 0.1) is 6.10 Å². The van der Waals surface area contributed by atoms with Crippen molar-refractivity contribution in [1.29, 1.82) is 0 Å². The van der Waals surface area contributed by atoms with Crippen LogP contribution in [0.4, 0.5) is 0 Å². The molecule has 0 aliphatic rings. The van der Waals surface area contributed by atoms with Crippen molar-refractivity contribution >= 4 is 38.2 Å². The van der Waals surface area contributed by atoms with Crippen molar-refractivity contribution in [2.24, 2.45) is 0 Å². The average molecular weight is 148 g/mol. The summed E-state index contributed by atoms with van der Waals surface area (Å²) in [7, 11) is -2.14. The van der Waals surface area contributed by atoms with Crippen LogP contribution in [0.2, 0.25) is 0 Å². The Morgan fingerprint density at radius 3 is 1.75 bits per heavy atom. The number of hydrogen-bond donors (Lipinski definition) is 2. The molecule has 0 spiro atoms. The summed E-state index contributed by atoms with van der Waals surface area (Å²) in [5.41, 5.74) is 0. The third kappa shape index (κ3) is 10.3. The van der Waals surface area contributed by atoms with Gasteiger partial charge in [-0.15, -0.1) is 0 Å². The van der Waals surface area contributed by atoms with Gasteiger partial charge in [0.15, 0.2) is 0 Å². The van der Waals surface area contributed by atoms with Crippen molar-refractivity contribution in [3.05, 3.63) is 0 Å². The fraction of sp³-hybridized carbons (Fsp3) is 1.00. The summed E-state index contributed by atoms with van der Waals surface area (Å²) >= 11 is 0. The molecule has 0 saturated carbocycles. The molecule has 0 saturated heterocycles. The molecule has 0 aromatic rings. The van der Waals surface area contributed by atoms with Crippen molar-refractivity contribution in [1.82, 2.24) is 0 Å². The van der Waals surface area contributed by atoms with Crippen molar-refractivity contribution in [2.45, 2.75) is 20.0 Å². The van der Waals surface area contributed by atoms with Crippen molar-refractivity contribution in [3.8, 4) is 0 Å². The second-order valence-corrected chi connectivity index (χ2v) is 2.12. The van der Waals surface area contributed by atoms with Crippen molar-refractivity contribution < 1.29 is 14.3 Å². The minimum absolute atomic E-state index is 0. The molecule has 0 radical (unpaired) electrons. The molecule has 0 aliphatic carbocycles. The average Bonchev–Trinajstić information content (AvgIpc) is 1.27. The summed E-state index contributed by atoms with van der Waals surface area (Å²) in [5, 5.41) is 0. The Kier molecular flexibility index (Phi) is 9.67. The molecule has 0 aromatic carbocycles. The first-order valence-corrected chi connectivity index (χ1v) is 3.14. The molecule has 5 heteroatoms. The molecule has 0 aromatic heterocycles. The summed E-state index contributed by atoms with van der Waals surface area (Å²) in [6.45, 7) is 3.48. The minimum atomic E-state index is -2.14. The molecule has 0 aliphatic heterocycles. The van der Waals surface area contributed by atoms with E-state index in [1.807, 2.05) is 0 Å². The summed E-state index contributed by atoms with van der Waals surface area (Å²) in [4.78, 5) is 16.2.